The molecule has 0 aliphatic carbocycles. The summed E-state index contributed by atoms with van der Waals surface area (Å²) in [6.45, 7) is -1.72. The summed E-state index contributed by atoms with van der Waals surface area (Å²) in [7, 11) is 1.31. The maximum absolute atomic E-state index is 13.4. The summed E-state index contributed by atoms with van der Waals surface area (Å²) in [5.41, 5.74) is 2.63. The summed E-state index contributed by atoms with van der Waals surface area (Å²) in [6.07, 6.45) is -4.41. The molecule has 1 rings (SSSR count). The van der Waals surface area contributed by atoms with Crippen molar-refractivity contribution in [2.45, 2.75) is 12.2 Å². The molecule has 0 saturated carbocycles. The molecule has 1 aromatic rings. The molecule has 108 valence electrons. The standard InChI is InChI=1S/C11H14F4N2O2/c1-18-10-3-2-7(4-8(10)12)9(17-16)5-19-6-11(13,14)15/h2-4,9,17H,5-6,16H2,1H3. The van der Waals surface area contributed by atoms with Crippen molar-refractivity contribution >= 4 is 0 Å². The van der Waals surface area contributed by atoms with Gasteiger partial charge < -0.3 is 9.47 Å². The van der Waals surface area contributed by atoms with Crippen molar-refractivity contribution in [3.8, 4) is 5.75 Å². The van der Waals surface area contributed by atoms with Gasteiger partial charge in [0, 0.05) is 0 Å². The zero-order valence-corrected chi connectivity index (χ0v) is 10.1. The van der Waals surface area contributed by atoms with E-state index < -0.39 is 24.6 Å². The van der Waals surface area contributed by atoms with Crippen LogP contribution in [-0.2, 0) is 4.74 Å². The molecule has 1 atom stereocenters. The van der Waals surface area contributed by atoms with Crippen LogP contribution in [0.1, 0.15) is 11.6 Å². The highest BCUT2D eigenvalue weighted by molar-refractivity contribution is 5.31. The van der Waals surface area contributed by atoms with Gasteiger partial charge in [-0.05, 0) is 17.7 Å². The minimum absolute atomic E-state index is 0.0377. The Bertz CT molecular complexity index is 412. The van der Waals surface area contributed by atoms with Crippen molar-refractivity contribution < 1.29 is 27.0 Å². The number of benzene rings is 1. The highest BCUT2D eigenvalue weighted by atomic mass is 19.4. The number of nitrogens with two attached hydrogens (primary N) is 1. The monoisotopic (exact) mass is 282 g/mol. The number of ether oxygens (including phenoxy) is 2. The quantitative estimate of drug-likeness (QED) is 0.475. The molecule has 0 saturated heterocycles. The Morgan fingerprint density at radius 1 is 1.37 bits per heavy atom. The fourth-order valence-corrected chi connectivity index (χ4v) is 1.43. The third-order valence-electron chi connectivity index (χ3n) is 2.33. The molecule has 1 unspecified atom stereocenters. The second kappa shape index (κ2) is 6.69. The minimum atomic E-state index is -4.41. The van der Waals surface area contributed by atoms with E-state index in [2.05, 4.69) is 10.2 Å². The average molecular weight is 282 g/mol. The number of hydrogen-bond donors (Lipinski definition) is 2. The van der Waals surface area contributed by atoms with Crippen LogP contribution < -0.4 is 16.0 Å². The molecule has 0 spiro atoms. The van der Waals surface area contributed by atoms with Crippen molar-refractivity contribution in [1.29, 1.82) is 0 Å². The molecule has 0 aromatic heterocycles. The van der Waals surface area contributed by atoms with Crippen LogP contribution in [0.25, 0.3) is 0 Å². The van der Waals surface area contributed by atoms with Gasteiger partial charge in [0.05, 0.1) is 19.8 Å². The van der Waals surface area contributed by atoms with E-state index >= 15 is 0 Å². The molecule has 0 heterocycles. The lowest BCUT2D eigenvalue weighted by molar-refractivity contribution is -0.175. The van der Waals surface area contributed by atoms with Crippen LogP contribution in [0.2, 0.25) is 0 Å². The van der Waals surface area contributed by atoms with E-state index in [9.17, 15) is 17.6 Å². The number of nitrogens with one attached hydrogen (secondary N) is 1. The molecule has 3 N–H and O–H groups in total. The Kier molecular flexibility index (Phi) is 5.52. The normalized spacial score (nSPS) is 13.4. The Morgan fingerprint density at radius 2 is 2.05 bits per heavy atom. The van der Waals surface area contributed by atoms with Crippen LogP contribution in [0.5, 0.6) is 5.75 Å². The van der Waals surface area contributed by atoms with Crippen LogP contribution in [0.15, 0.2) is 18.2 Å². The molecule has 0 radical (unpaired) electrons. The van der Waals surface area contributed by atoms with Gasteiger partial charge in [0.15, 0.2) is 11.6 Å². The minimum Gasteiger partial charge on any atom is -0.494 e. The lowest BCUT2D eigenvalue weighted by atomic mass is 10.1. The lowest BCUT2D eigenvalue weighted by Gasteiger charge is -2.17. The molecule has 4 nitrogen and oxygen atoms in total. The van der Waals surface area contributed by atoms with E-state index in [-0.39, 0.29) is 12.4 Å². The Labute approximate surface area is 107 Å². The second-order valence-corrected chi connectivity index (χ2v) is 3.74. The van der Waals surface area contributed by atoms with E-state index in [4.69, 9.17) is 10.6 Å². The molecule has 1 aromatic carbocycles. The second-order valence-electron chi connectivity index (χ2n) is 3.74. The summed E-state index contributed by atoms with van der Waals surface area (Å²) >= 11 is 0. The smallest absolute Gasteiger partial charge is 0.411 e. The van der Waals surface area contributed by atoms with Gasteiger partial charge >= 0.3 is 6.18 Å². The largest absolute Gasteiger partial charge is 0.494 e. The highest BCUT2D eigenvalue weighted by Gasteiger charge is 2.28. The molecular formula is C11H14F4N2O2. The first-order valence-corrected chi connectivity index (χ1v) is 5.31. The van der Waals surface area contributed by atoms with Gasteiger partial charge in [-0.2, -0.15) is 13.2 Å². The molecule has 0 fully saturated rings. The van der Waals surface area contributed by atoms with Gasteiger partial charge in [0.2, 0.25) is 0 Å². The van der Waals surface area contributed by atoms with Crippen LogP contribution >= 0.6 is 0 Å². The number of alkyl halides is 3. The first-order chi connectivity index (χ1) is 8.87. The highest BCUT2D eigenvalue weighted by Crippen LogP contribution is 2.22. The fourth-order valence-electron chi connectivity index (χ4n) is 1.43. The topological polar surface area (TPSA) is 56.5 Å². The van der Waals surface area contributed by atoms with Crippen molar-refractivity contribution in [1.82, 2.24) is 5.43 Å². The summed E-state index contributed by atoms with van der Waals surface area (Å²) in [5.74, 6) is 4.62. The Balaban J connectivity index is 2.67. The van der Waals surface area contributed by atoms with Crippen LogP contribution in [-0.4, -0.2) is 26.5 Å². The Hall–Kier alpha value is -1.38. The van der Waals surface area contributed by atoms with Gasteiger partial charge in [-0.1, -0.05) is 6.07 Å². The molecular weight excluding hydrogens is 268 g/mol. The van der Waals surface area contributed by atoms with Crippen LogP contribution in [0.4, 0.5) is 17.6 Å². The third kappa shape index (κ3) is 5.01. The third-order valence-corrected chi connectivity index (χ3v) is 2.33. The van der Waals surface area contributed by atoms with Crippen molar-refractivity contribution in [2.75, 3.05) is 20.3 Å². The van der Waals surface area contributed by atoms with Gasteiger partial charge in [0.25, 0.3) is 0 Å². The summed E-state index contributed by atoms with van der Waals surface area (Å²) in [5, 5.41) is 0. The maximum atomic E-state index is 13.4. The SMILES string of the molecule is COc1ccc(C(COCC(F)(F)F)NN)cc1F. The van der Waals surface area contributed by atoms with Crippen molar-refractivity contribution in [3.63, 3.8) is 0 Å². The number of hydrazine groups is 1. The maximum Gasteiger partial charge on any atom is 0.411 e. The molecule has 8 heteroatoms. The van der Waals surface area contributed by atoms with Gasteiger partial charge in [-0.15, -0.1) is 0 Å². The van der Waals surface area contributed by atoms with Crippen LogP contribution in [0.3, 0.4) is 0 Å². The van der Waals surface area contributed by atoms with Gasteiger partial charge in [-0.25, -0.2) is 4.39 Å². The zero-order chi connectivity index (χ0) is 14.5. The molecule has 0 aliphatic rings. The van der Waals surface area contributed by atoms with Crippen LogP contribution in [0, 0.1) is 5.82 Å². The first-order valence-electron chi connectivity index (χ1n) is 5.31. The van der Waals surface area contributed by atoms with E-state index in [1.54, 1.807) is 0 Å². The van der Waals surface area contributed by atoms with E-state index in [1.807, 2.05) is 0 Å². The van der Waals surface area contributed by atoms with Crippen molar-refractivity contribution in [3.05, 3.63) is 29.6 Å². The van der Waals surface area contributed by atoms with Gasteiger partial charge in [-0.3, -0.25) is 11.3 Å². The number of halogens is 4. The van der Waals surface area contributed by atoms with E-state index in [0.29, 0.717) is 5.56 Å². The fraction of sp³-hybridized carbons (Fsp3) is 0.455. The lowest BCUT2D eigenvalue weighted by Crippen LogP contribution is -2.32. The summed E-state index contributed by atoms with van der Waals surface area (Å²) < 4.78 is 58.4. The number of rotatable bonds is 6. The predicted molar refractivity (Wildman–Crippen MR) is 59.9 cm³/mol. The van der Waals surface area contributed by atoms with E-state index in [1.165, 1.54) is 19.2 Å². The number of methoxy groups -OCH3 is 1. The number of hydrogen-bond acceptors (Lipinski definition) is 4. The Morgan fingerprint density at radius 3 is 2.53 bits per heavy atom. The molecule has 0 bridgehead atoms. The van der Waals surface area contributed by atoms with Gasteiger partial charge in [0.1, 0.15) is 6.61 Å². The molecule has 19 heavy (non-hydrogen) atoms. The summed E-state index contributed by atoms with van der Waals surface area (Å²) in [6, 6.07) is 3.23. The zero-order valence-electron chi connectivity index (χ0n) is 10.1. The van der Waals surface area contributed by atoms with Crippen molar-refractivity contribution in [2.24, 2.45) is 5.84 Å². The van der Waals surface area contributed by atoms with E-state index in [0.717, 1.165) is 6.07 Å². The molecule has 0 amide bonds. The average Bonchev–Trinajstić information content (AvgIpc) is 2.33. The summed E-state index contributed by atoms with van der Waals surface area (Å²) in [4.78, 5) is 0. The predicted octanol–water partition coefficient (Wildman–Crippen LogP) is 1.92. The molecule has 0 aliphatic heterocycles. The first kappa shape index (κ1) is 15.7.